The van der Waals surface area contributed by atoms with Crippen molar-refractivity contribution in [3.05, 3.63) is 35.4 Å². The fourth-order valence-corrected chi connectivity index (χ4v) is 2.47. The lowest BCUT2D eigenvalue weighted by molar-refractivity contribution is -0.149. The lowest BCUT2D eigenvalue weighted by Crippen LogP contribution is -2.40. The first-order valence-electron chi connectivity index (χ1n) is 7.17. The van der Waals surface area contributed by atoms with E-state index in [0.29, 0.717) is 43.7 Å². The minimum Gasteiger partial charge on any atom is -0.466 e. The SMILES string of the molecule is CCOC(=O)C1CCN(C(=O)c2ccc(C=O)cc2)CC1. The van der Waals surface area contributed by atoms with Gasteiger partial charge in [0.15, 0.2) is 0 Å². The predicted molar refractivity (Wildman–Crippen MR) is 77.1 cm³/mol. The maximum atomic E-state index is 12.3. The Morgan fingerprint density at radius 3 is 2.38 bits per heavy atom. The van der Waals surface area contributed by atoms with Gasteiger partial charge in [0.2, 0.25) is 0 Å². The largest absolute Gasteiger partial charge is 0.466 e. The first-order valence-corrected chi connectivity index (χ1v) is 7.17. The molecule has 1 aromatic rings. The van der Waals surface area contributed by atoms with Crippen molar-refractivity contribution in [2.75, 3.05) is 19.7 Å². The molecule has 5 nitrogen and oxygen atoms in total. The van der Waals surface area contributed by atoms with Crippen LogP contribution in [0, 0.1) is 5.92 Å². The summed E-state index contributed by atoms with van der Waals surface area (Å²) in [5, 5.41) is 0. The normalized spacial score (nSPS) is 15.6. The highest BCUT2D eigenvalue weighted by atomic mass is 16.5. The van der Waals surface area contributed by atoms with Gasteiger partial charge in [0, 0.05) is 24.2 Å². The second-order valence-corrected chi connectivity index (χ2v) is 5.06. The Kier molecular flexibility index (Phi) is 5.09. The molecule has 0 spiro atoms. The van der Waals surface area contributed by atoms with E-state index in [9.17, 15) is 14.4 Å². The van der Waals surface area contributed by atoms with Crippen LogP contribution in [-0.4, -0.2) is 42.8 Å². The number of piperidine rings is 1. The van der Waals surface area contributed by atoms with Crippen molar-refractivity contribution in [3.8, 4) is 0 Å². The van der Waals surface area contributed by atoms with Crippen LogP contribution in [0.4, 0.5) is 0 Å². The van der Waals surface area contributed by atoms with Crippen LogP contribution in [-0.2, 0) is 9.53 Å². The Morgan fingerprint density at radius 2 is 1.86 bits per heavy atom. The quantitative estimate of drug-likeness (QED) is 0.627. The van der Waals surface area contributed by atoms with E-state index in [1.54, 1.807) is 36.1 Å². The minimum atomic E-state index is -0.167. The highest BCUT2D eigenvalue weighted by molar-refractivity contribution is 5.95. The van der Waals surface area contributed by atoms with E-state index in [1.165, 1.54) is 0 Å². The van der Waals surface area contributed by atoms with Gasteiger partial charge in [-0.25, -0.2) is 0 Å². The van der Waals surface area contributed by atoms with Crippen LogP contribution in [0.15, 0.2) is 24.3 Å². The molecule has 1 aliphatic rings. The summed E-state index contributed by atoms with van der Waals surface area (Å²) in [5.41, 5.74) is 1.11. The van der Waals surface area contributed by atoms with E-state index in [-0.39, 0.29) is 17.8 Å². The van der Waals surface area contributed by atoms with E-state index < -0.39 is 0 Å². The molecule has 0 aromatic heterocycles. The van der Waals surface area contributed by atoms with Crippen LogP contribution in [0.3, 0.4) is 0 Å². The average Bonchev–Trinajstić information content (AvgIpc) is 2.54. The number of carbonyl (C=O) groups is 3. The van der Waals surface area contributed by atoms with Crippen molar-refractivity contribution in [1.82, 2.24) is 4.90 Å². The molecule has 1 aliphatic heterocycles. The van der Waals surface area contributed by atoms with Gasteiger partial charge < -0.3 is 9.64 Å². The summed E-state index contributed by atoms with van der Waals surface area (Å²) >= 11 is 0. The zero-order chi connectivity index (χ0) is 15.2. The number of aldehydes is 1. The number of benzene rings is 1. The summed E-state index contributed by atoms with van der Waals surface area (Å²) in [4.78, 5) is 36.3. The highest BCUT2D eigenvalue weighted by Crippen LogP contribution is 2.20. The second-order valence-electron chi connectivity index (χ2n) is 5.06. The average molecular weight is 289 g/mol. The number of amides is 1. The van der Waals surface area contributed by atoms with Crippen molar-refractivity contribution in [2.45, 2.75) is 19.8 Å². The summed E-state index contributed by atoms with van der Waals surface area (Å²) in [5.74, 6) is -0.332. The summed E-state index contributed by atoms with van der Waals surface area (Å²) in [6, 6.07) is 6.57. The molecule has 1 aromatic carbocycles. The van der Waals surface area contributed by atoms with E-state index >= 15 is 0 Å². The smallest absolute Gasteiger partial charge is 0.309 e. The Bertz CT molecular complexity index is 516. The maximum Gasteiger partial charge on any atom is 0.309 e. The number of rotatable bonds is 4. The van der Waals surface area contributed by atoms with Gasteiger partial charge in [-0.15, -0.1) is 0 Å². The molecule has 0 saturated carbocycles. The van der Waals surface area contributed by atoms with Crippen LogP contribution in [0.2, 0.25) is 0 Å². The van der Waals surface area contributed by atoms with Crippen molar-refractivity contribution >= 4 is 18.2 Å². The lowest BCUT2D eigenvalue weighted by atomic mass is 9.96. The van der Waals surface area contributed by atoms with Gasteiger partial charge in [-0.3, -0.25) is 14.4 Å². The molecule has 2 rings (SSSR count). The maximum absolute atomic E-state index is 12.3. The van der Waals surface area contributed by atoms with Crippen LogP contribution in [0.1, 0.15) is 40.5 Å². The summed E-state index contributed by atoms with van der Waals surface area (Å²) < 4.78 is 5.01. The second kappa shape index (κ2) is 7.02. The molecule has 1 heterocycles. The summed E-state index contributed by atoms with van der Waals surface area (Å²) in [6.45, 7) is 3.29. The molecule has 0 N–H and O–H groups in total. The fraction of sp³-hybridized carbons (Fsp3) is 0.438. The molecule has 21 heavy (non-hydrogen) atoms. The van der Waals surface area contributed by atoms with E-state index in [4.69, 9.17) is 4.74 Å². The molecular weight excluding hydrogens is 270 g/mol. The number of esters is 1. The Hall–Kier alpha value is -2.17. The first kappa shape index (κ1) is 15.2. The van der Waals surface area contributed by atoms with E-state index in [0.717, 1.165) is 6.29 Å². The summed E-state index contributed by atoms with van der Waals surface area (Å²) in [7, 11) is 0. The monoisotopic (exact) mass is 289 g/mol. The number of nitrogens with zero attached hydrogens (tertiary/aromatic N) is 1. The van der Waals surface area contributed by atoms with Crippen molar-refractivity contribution in [3.63, 3.8) is 0 Å². The molecule has 0 bridgehead atoms. The van der Waals surface area contributed by atoms with Crippen molar-refractivity contribution < 1.29 is 19.1 Å². The van der Waals surface area contributed by atoms with Gasteiger partial charge in [0.25, 0.3) is 5.91 Å². The third-order valence-electron chi connectivity index (χ3n) is 3.70. The van der Waals surface area contributed by atoms with E-state index in [1.807, 2.05) is 0 Å². The molecule has 1 saturated heterocycles. The Morgan fingerprint density at radius 1 is 1.24 bits per heavy atom. The van der Waals surface area contributed by atoms with Gasteiger partial charge in [-0.1, -0.05) is 12.1 Å². The van der Waals surface area contributed by atoms with Gasteiger partial charge in [0.1, 0.15) is 6.29 Å². The Balaban J connectivity index is 1.93. The van der Waals surface area contributed by atoms with Crippen molar-refractivity contribution in [1.29, 1.82) is 0 Å². The van der Waals surface area contributed by atoms with Crippen LogP contribution in [0.25, 0.3) is 0 Å². The number of ether oxygens (including phenoxy) is 1. The standard InChI is InChI=1S/C16H19NO4/c1-2-21-16(20)14-7-9-17(10-8-14)15(19)13-5-3-12(11-18)4-6-13/h3-6,11,14H,2,7-10H2,1H3. The van der Waals surface area contributed by atoms with Gasteiger partial charge in [-0.2, -0.15) is 0 Å². The number of likely N-dealkylation sites (tertiary alicyclic amines) is 1. The van der Waals surface area contributed by atoms with E-state index in [2.05, 4.69) is 0 Å². The predicted octanol–water partition coefficient (Wildman–Crippen LogP) is 1.91. The minimum absolute atomic E-state index is 0.0604. The van der Waals surface area contributed by atoms with Gasteiger partial charge in [-0.05, 0) is 31.9 Å². The van der Waals surface area contributed by atoms with Crippen LogP contribution >= 0.6 is 0 Å². The zero-order valence-corrected chi connectivity index (χ0v) is 12.1. The lowest BCUT2D eigenvalue weighted by Gasteiger charge is -2.31. The fourth-order valence-electron chi connectivity index (χ4n) is 2.47. The van der Waals surface area contributed by atoms with Crippen LogP contribution < -0.4 is 0 Å². The van der Waals surface area contributed by atoms with Gasteiger partial charge in [0.05, 0.1) is 12.5 Å². The third kappa shape index (κ3) is 3.68. The molecule has 0 radical (unpaired) electrons. The van der Waals surface area contributed by atoms with Crippen LogP contribution in [0.5, 0.6) is 0 Å². The number of carbonyl (C=O) groups excluding carboxylic acids is 3. The topological polar surface area (TPSA) is 63.7 Å². The van der Waals surface area contributed by atoms with Gasteiger partial charge >= 0.3 is 5.97 Å². The van der Waals surface area contributed by atoms with Crippen molar-refractivity contribution in [2.24, 2.45) is 5.92 Å². The zero-order valence-electron chi connectivity index (χ0n) is 12.1. The summed E-state index contributed by atoms with van der Waals surface area (Å²) in [6.07, 6.45) is 2.02. The molecule has 0 aliphatic carbocycles. The molecule has 1 amide bonds. The first-order chi connectivity index (χ1) is 10.2. The molecule has 0 unspecified atom stereocenters. The third-order valence-corrected chi connectivity index (χ3v) is 3.70. The highest BCUT2D eigenvalue weighted by Gasteiger charge is 2.28. The number of hydrogen-bond donors (Lipinski definition) is 0. The molecular formula is C16H19NO4. The molecule has 112 valence electrons. The number of hydrogen-bond acceptors (Lipinski definition) is 4. The Labute approximate surface area is 123 Å². The molecule has 1 fully saturated rings. The molecule has 0 atom stereocenters. The molecule has 5 heteroatoms.